The van der Waals surface area contributed by atoms with Crippen molar-refractivity contribution in [1.29, 1.82) is 0 Å². The summed E-state index contributed by atoms with van der Waals surface area (Å²) in [6.45, 7) is 1.67. The maximum absolute atomic E-state index is 5.92. The molecule has 2 bridgehead atoms. The molecule has 1 spiro atoms. The van der Waals surface area contributed by atoms with Gasteiger partial charge in [0.25, 0.3) is 0 Å². The van der Waals surface area contributed by atoms with Gasteiger partial charge in [-0.05, 0) is 37.0 Å². The molecule has 0 radical (unpaired) electrons. The van der Waals surface area contributed by atoms with Crippen LogP contribution in [0.15, 0.2) is 0 Å². The molecule has 4 rings (SSSR count). The third-order valence-corrected chi connectivity index (χ3v) is 5.19. The van der Waals surface area contributed by atoms with Crippen molar-refractivity contribution in [3.05, 3.63) is 0 Å². The zero-order chi connectivity index (χ0) is 9.17. The summed E-state index contributed by atoms with van der Waals surface area (Å²) in [7, 11) is 0. The highest BCUT2D eigenvalue weighted by Crippen LogP contribution is 2.64. The molecule has 0 aromatic carbocycles. The Balaban J connectivity index is 1.69. The van der Waals surface area contributed by atoms with Crippen molar-refractivity contribution in [3.8, 4) is 0 Å². The third kappa shape index (κ3) is 0.809. The van der Waals surface area contributed by atoms with E-state index in [2.05, 4.69) is 0 Å². The fourth-order valence-corrected chi connectivity index (χ4v) is 4.84. The van der Waals surface area contributed by atoms with E-state index in [1.54, 1.807) is 0 Å². The minimum atomic E-state index is -0.101. The molecular formula is C12H18O2. The molecule has 0 aromatic heterocycles. The standard InChI is InChI=1S/C12H18O2/c1-2-9-8-6-11(10(9)3-1)12(7-8)13-4-5-14-12/h8-11H,1-7H2/t8-,9+,10+,11-/m1/s1. The molecular weight excluding hydrogens is 176 g/mol. The monoisotopic (exact) mass is 194 g/mol. The van der Waals surface area contributed by atoms with Gasteiger partial charge in [-0.15, -0.1) is 0 Å². The maximum atomic E-state index is 5.92. The Hall–Kier alpha value is -0.0800. The second-order valence-electron chi connectivity index (χ2n) is 5.57. The average molecular weight is 194 g/mol. The normalized spacial score (nSPS) is 53.1. The molecule has 3 saturated carbocycles. The van der Waals surface area contributed by atoms with Crippen molar-refractivity contribution >= 4 is 0 Å². The van der Waals surface area contributed by atoms with Gasteiger partial charge in [-0.2, -0.15) is 0 Å². The molecule has 4 aliphatic rings. The molecule has 3 aliphatic carbocycles. The first-order valence-corrected chi connectivity index (χ1v) is 6.17. The average Bonchev–Trinajstić information content (AvgIpc) is 2.88. The molecule has 2 heteroatoms. The lowest BCUT2D eigenvalue weighted by Crippen LogP contribution is -2.42. The van der Waals surface area contributed by atoms with E-state index in [9.17, 15) is 0 Å². The fraction of sp³-hybridized carbons (Fsp3) is 1.00. The number of fused-ring (bicyclic) bond motifs is 6. The van der Waals surface area contributed by atoms with Crippen LogP contribution < -0.4 is 0 Å². The summed E-state index contributed by atoms with van der Waals surface area (Å²) < 4.78 is 11.8. The SMILES string of the molecule is C1C[C@H]2[C@@H]3C[C@H]([C@H]2C1)C1(C3)OCCO1. The second-order valence-corrected chi connectivity index (χ2v) is 5.57. The highest BCUT2D eigenvalue weighted by molar-refractivity contribution is 5.08. The van der Waals surface area contributed by atoms with Gasteiger partial charge in [0.2, 0.25) is 0 Å². The molecule has 1 aliphatic heterocycles. The van der Waals surface area contributed by atoms with Gasteiger partial charge in [-0.3, -0.25) is 0 Å². The zero-order valence-electron chi connectivity index (χ0n) is 8.58. The summed E-state index contributed by atoms with van der Waals surface area (Å²) in [6, 6.07) is 0. The summed E-state index contributed by atoms with van der Waals surface area (Å²) in [5.41, 5.74) is 0. The predicted octanol–water partition coefficient (Wildman–Crippen LogP) is 2.19. The fourth-order valence-electron chi connectivity index (χ4n) is 4.84. The van der Waals surface area contributed by atoms with Crippen LogP contribution in [0.25, 0.3) is 0 Å². The van der Waals surface area contributed by atoms with Crippen molar-refractivity contribution in [3.63, 3.8) is 0 Å². The van der Waals surface area contributed by atoms with Crippen LogP contribution in [0.3, 0.4) is 0 Å². The van der Waals surface area contributed by atoms with E-state index >= 15 is 0 Å². The topological polar surface area (TPSA) is 18.5 Å². The Kier molecular flexibility index (Phi) is 1.47. The third-order valence-electron chi connectivity index (χ3n) is 5.19. The van der Waals surface area contributed by atoms with Gasteiger partial charge in [0.15, 0.2) is 5.79 Å². The summed E-state index contributed by atoms with van der Waals surface area (Å²) in [6.07, 6.45) is 6.99. The largest absolute Gasteiger partial charge is 0.347 e. The molecule has 1 heterocycles. The first-order chi connectivity index (χ1) is 6.89. The molecule has 0 N–H and O–H groups in total. The highest BCUT2D eigenvalue weighted by Gasteiger charge is 2.63. The number of hydrogen-bond acceptors (Lipinski definition) is 2. The first-order valence-electron chi connectivity index (χ1n) is 6.17. The molecule has 0 unspecified atom stereocenters. The number of ether oxygens (including phenoxy) is 2. The van der Waals surface area contributed by atoms with E-state index in [4.69, 9.17) is 9.47 Å². The number of rotatable bonds is 0. The molecule has 78 valence electrons. The van der Waals surface area contributed by atoms with E-state index in [0.717, 1.165) is 36.9 Å². The Labute approximate surface area is 85.0 Å². The van der Waals surface area contributed by atoms with Gasteiger partial charge in [0.1, 0.15) is 0 Å². The lowest BCUT2D eigenvalue weighted by molar-refractivity contribution is -0.206. The van der Waals surface area contributed by atoms with Crippen LogP contribution in [-0.4, -0.2) is 19.0 Å². The van der Waals surface area contributed by atoms with Crippen molar-refractivity contribution < 1.29 is 9.47 Å². The van der Waals surface area contributed by atoms with Gasteiger partial charge in [-0.25, -0.2) is 0 Å². The van der Waals surface area contributed by atoms with E-state index in [-0.39, 0.29) is 5.79 Å². The van der Waals surface area contributed by atoms with Gasteiger partial charge in [0.05, 0.1) is 13.2 Å². The van der Waals surface area contributed by atoms with Crippen molar-refractivity contribution in [2.24, 2.45) is 23.7 Å². The van der Waals surface area contributed by atoms with E-state index < -0.39 is 0 Å². The van der Waals surface area contributed by atoms with Crippen LogP contribution in [-0.2, 0) is 9.47 Å². The lowest BCUT2D eigenvalue weighted by Gasteiger charge is -2.38. The van der Waals surface area contributed by atoms with E-state index in [1.165, 1.54) is 32.1 Å². The van der Waals surface area contributed by atoms with Crippen LogP contribution in [0, 0.1) is 23.7 Å². The highest BCUT2D eigenvalue weighted by atomic mass is 16.7. The maximum Gasteiger partial charge on any atom is 0.171 e. The summed E-state index contributed by atoms with van der Waals surface area (Å²) in [4.78, 5) is 0. The van der Waals surface area contributed by atoms with Gasteiger partial charge < -0.3 is 9.47 Å². The smallest absolute Gasteiger partial charge is 0.171 e. The molecule has 2 nitrogen and oxygen atoms in total. The Bertz CT molecular complexity index is 257. The second kappa shape index (κ2) is 2.53. The van der Waals surface area contributed by atoms with Gasteiger partial charge in [-0.1, -0.05) is 6.42 Å². The number of hydrogen-bond donors (Lipinski definition) is 0. The molecule has 0 amide bonds. The van der Waals surface area contributed by atoms with Crippen LogP contribution in [0.5, 0.6) is 0 Å². The summed E-state index contributed by atoms with van der Waals surface area (Å²) >= 11 is 0. The van der Waals surface area contributed by atoms with Crippen molar-refractivity contribution in [2.75, 3.05) is 13.2 Å². The van der Waals surface area contributed by atoms with Crippen LogP contribution in [0.1, 0.15) is 32.1 Å². The Morgan fingerprint density at radius 2 is 1.79 bits per heavy atom. The van der Waals surface area contributed by atoms with Crippen molar-refractivity contribution in [2.45, 2.75) is 37.9 Å². The quantitative estimate of drug-likeness (QED) is 0.588. The lowest BCUT2D eigenvalue weighted by atomic mass is 9.78. The first kappa shape index (κ1) is 8.12. The van der Waals surface area contributed by atoms with Crippen LogP contribution >= 0.6 is 0 Å². The zero-order valence-corrected chi connectivity index (χ0v) is 8.58. The minimum absolute atomic E-state index is 0.101. The molecule has 14 heavy (non-hydrogen) atoms. The Morgan fingerprint density at radius 1 is 1.00 bits per heavy atom. The van der Waals surface area contributed by atoms with Crippen LogP contribution in [0.2, 0.25) is 0 Å². The predicted molar refractivity (Wildman–Crippen MR) is 51.7 cm³/mol. The minimum Gasteiger partial charge on any atom is -0.347 e. The van der Waals surface area contributed by atoms with E-state index in [0.29, 0.717) is 0 Å². The van der Waals surface area contributed by atoms with Gasteiger partial charge in [0, 0.05) is 12.3 Å². The molecule has 4 fully saturated rings. The van der Waals surface area contributed by atoms with Crippen LogP contribution in [0.4, 0.5) is 0 Å². The van der Waals surface area contributed by atoms with E-state index in [1.807, 2.05) is 0 Å². The molecule has 1 saturated heterocycles. The molecule has 0 aromatic rings. The van der Waals surface area contributed by atoms with Crippen molar-refractivity contribution in [1.82, 2.24) is 0 Å². The summed E-state index contributed by atoms with van der Waals surface area (Å²) in [5.74, 6) is 3.58. The van der Waals surface area contributed by atoms with Gasteiger partial charge >= 0.3 is 0 Å². The summed E-state index contributed by atoms with van der Waals surface area (Å²) in [5, 5.41) is 0. The molecule has 4 atom stereocenters. The Morgan fingerprint density at radius 3 is 2.64 bits per heavy atom.